The lowest BCUT2D eigenvalue weighted by atomic mass is 10.1. The lowest BCUT2D eigenvalue weighted by Crippen LogP contribution is -2.02. The second-order valence-corrected chi connectivity index (χ2v) is 4.51. The summed E-state index contributed by atoms with van der Waals surface area (Å²) < 4.78 is 15.4. The molecule has 0 radical (unpaired) electrons. The highest BCUT2D eigenvalue weighted by atomic mass is 19.1. The van der Waals surface area contributed by atoms with E-state index in [1.54, 1.807) is 12.4 Å². The van der Waals surface area contributed by atoms with Crippen molar-refractivity contribution in [1.82, 2.24) is 9.78 Å². The summed E-state index contributed by atoms with van der Waals surface area (Å²) in [5.74, 6) is -1.79. The molecular weight excluding hydrogens is 271 g/mol. The van der Waals surface area contributed by atoms with Gasteiger partial charge in [-0.1, -0.05) is 30.3 Å². The van der Waals surface area contributed by atoms with Crippen LogP contribution < -0.4 is 0 Å². The SMILES string of the molecule is O=C(O)c1ccc(-n2cc(-c3ccccc3)cn2)c(F)c1. The van der Waals surface area contributed by atoms with Gasteiger partial charge in [-0.25, -0.2) is 13.9 Å². The summed E-state index contributed by atoms with van der Waals surface area (Å²) in [5, 5.41) is 13.0. The standard InChI is InChI=1S/C16H11FN2O2/c17-14-8-12(16(20)21)6-7-15(14)19-10-13(9-18-19)11-4-2-1-3-5-11/h1-10H,(H,20,21). The zero-order valence-electron chi connectivity index (χ0n) is 10.9. The van der Waals surface area contributed by atoms with Crippen LogP contribution in [0.5, 0.6) is 0 Å². The van der Waals surface area contributed by atoms with Gasteiger partial charge in [0.15, 0.2) is 0 Å². The molecule has 0 bridgehead atoms. The van der Waals surface area contributed by atoms with Crippen LogP contribution in [0.15, 0.2) is 60.9 Å². The third kappa shape index (κ3) is 2.53. The molecule has 0 fully saturated rings. The van der Waals surface area contributed by atoms with Crippen molar-refractivity contribution in [3.05, 3.63) is 72.3 Å². The third-order valence-electron chi connectivity index (χ3n) is 3.13. The maximum Gasteiger partial charge on any atom is 0.335 e. The fraction of sp³-hybridized carbons (Fsp3) is 0. The number of rotatable bonds is 3. The van der Waals surface area contributed by atoms with E-state index in [-0.39, 0.29) is 11.3 Å². The van der Waals surface area contributed by atoms with Gasteiger partial charge < -0.3 is 5.11 Å². The molecule has 1 aromatic heterocycles. The van der Waals surface area contributed by atoms with Crippen LogP contribution in [-0.2, 0) is 0 Å². The van der Waals surface area contributed by atoms with Crippen molar-refractivity contribution < 1.29 is 14.3 Å². The van der Waals surface area contributed by atoms with Gasteiger partial charge in [0.2, 0.25) is 0 Å². The Hall–Kier alpha value is -2.95. The van der Waals surface area contributed by atoms with Gasteiger partial charge >= 0.3 is 5.97 Å². The Labute approximate surface area is 120 Å². The molecule has 2 aromatic carbocycles. The summed E-state index contributed by atoms with van der Waals surface area (Å²) in [6, 6.07) is 13.4. The Morgan fingerprint density at radius 1 is 1.10 bits per heavy atom. The first kappa shape index (κ1) is 13.1. The topological polar surface area (TPSA) is 55.1 Å². The molecule has 0 saturated carbocycles. The van der Waals surface area contributed by atoms with E-state index in [1.807, 2.05) is 30.3 Å². The van der Waals surface area contributed by atoms with Crippen molar-refractivity contribution >= 4 is 5.97 Å². The number of benzene rings is 2. The monoisotopic (exact) mass is 282 g/mol. The molecule has 0 unspecified atom stereocenters. The molecule has 0 saturated heterocycles. The number of aromatic nitrogens is 2. The molecule has 1 heterocycles. The van der Waals surface area contributed by atoms with Crippen molar-refractivity contribution in [3.8, 4) is 16.8 Å². The van der Waals surface area contributed by atoms with Crippen molar-refractivity contribution in [3.63, 3.8) is 0 Å². The third-order valence-corrected chi connectivity index (χ3v) is 3.13. The Balaban J connectivity index is 1.99. The lowest BCUT2D eigenvalue weighted by molar-refractivity contribution is 0.0696. The second-order valence-electron chi connectivity index (χ2n) is 4.51. The van der Waals surface area contributed by atoms with E-state index in [1.165, 1.54) is 16.8 Å². The van der Waals surface area contributed by atoms with Gasteiger partial charge in [0.25, 0.3) is 0 Å². The fourth-order valence-corrected chi connectivity index (χ4v) is 2.06. The van der Waals surface area contributed by atoms with E-state index in [9.17, 15) is 9.18 Å². The highest BCUT2D eigenvalue weighted by molar-refractivity contribution is 5.87. The molecule has 5 heteroatoms. The minimum absolute atomic E-state index is 0.0910. The van der Waals surface area contributed by atoms with Crippen LogP contribution in [0.4, 0.5) is 4.39 Å². The summed E-state index contributed by atoms with van der Waals surface area (Å²) in [6.07, 6.45) is 3.34. The summed E-state index contributed by atoms with van der Waals surface area (Å²) in [6.45, 7) is 0. The largest absolute Gasteiger partial charge is 0.478 e. The maximum absolute atomic E-state index is 14.0. The minimum atomic E-state index is -1.16. The van der Waals surface area contributed by atoms with Gasteiger partial charge in [-0.2, -0.15) is 5.10 Å². The van der Waals surface area contributed by atoms with Crippen LogP contribution in [0, 0.1) is 5.82 Å². The van der Waals surface area contributed by atoms with E-state index in [4.69, 9.17) is 5.11 Å². The Morgan fingerprint density at radius 2 is 1.86 bits per heavy atom. The molecule has 3 aromatic rings. The number of aromatic carboxylic acids is 1. The predicted molar refractivity (Wildman–Crippen MR) is 75.9 cm³/mol. The van der Waals surface area contributed by atoms with Crippen LogP contribution in [0.25, 0.3) is 16.8 Å². The van der Waals surface area contributed by atoms with Gasteiger partial charge in [0.05, 0.1) is 11.8 Å². The van der Waals surface area contributed by atoms with Crippen molar-refractivity contribution in [1.29, 1.82) is 0 Å². The van der Waals surface area contributed by atoms with Crippen molar-refractivity contribution in [2.24, 2.45) is 0 Å². The summed E-state index contributed by atoms with van der Waals surface area (Å²) >= 11 is 0. The van der Waals surface area contributed by atoms with Gasteiger partial charge in [0.1, 0.15) is 11.5 Å². The van der Waals surface area contributed by atoms with Crippen LogP contribution in [-0.4, -0.2) is 20.9 Å². The normalized spacial score (nSPS) is 10.5. The zero-order chi connectivity index (χ0) is 14.8. The Kier molecular flexibility index (Phi) is 3.23. The number of carbonyl (C=O) groups is 1. The number of halogens is 1. The molecule has 1 N–H and O–H groups in total. The molecule has 0 spiro atoms. The zero-order valence-corrected chi connectivity index (χ0v) is 10.9. The average molecular weight is 282 g/mol. The van der Waals surface area contributed by atoms with Crippen LogP contribution >= 0.6 is 0 Å². The Bertz CT molecular complexity index is 797. The lowest BCUT2D eigenvalue weighted by Gasteiger charge is -2.04. The van der Waals surface area contributed by atoms with Gasteiger partial charge in [-0.3, -0.25) is 0 Å². The van der Waals surface area contributed by atoms with Gasteiger partial charge in [0, 0.05) is 11.8 Å². The first-order chi connectivity index (χ1) is 10.1. The Morgan fingerprint density at radius 3 is 2.52 bits per heavy atom. The highest BCUT2D eigenvalue weighted by Gasteiger charge is 2.11. The second kappa shape index (κ2) is 5.20. The van der Waals surface area contributed by atoms with E-state index in [0.29, 0.717) is 0 Å². The van der Waals surface area contributed by atoms with Crippen molar-refractivity contribution in [2.75, 3.05) is 0 Å². The molecule has 4 nitrogen and oxygen atoms in total. The molecular formula is C16H11FN2O2. The molecule has 104 valence electrons. The van der Waals surface area contributed by atoms with Crippen LogP contribution in [0.3, 0.4) is 0 Å². The van der Waals surface area contributed by atoms with Crippen molar-refractivity contribution in [2.45, 2.75) is 0 Å². The van der Waals surface area contributed by atoms with Crippen LogP contribution in [0.2, 0.25) is 0 Å². The first-order valence-corrected chi connectivity index (χ1v) is 6.28. The number of nitrogens with zero attached hydrogens (tertiary/aromatic N) is 2. The van der Waals surface area contributed by atoms with Crippen LogP contribution in [0.1, 0.15) is 10.4 Å². The fourth-order valence-electron chi connectivity index (χ4n) is 2.06. The molecule has 0 aliphatic rings. The molecule has 0 atom stereocenters. The number of carboxylic acids is 1. The molecule has 0 amide bonds. The molecule has 0 aliphatic carbocycles. The summed E-state index contributed by atoms with van der Waals surface area (Å²) in [7, 11) is 0. The average Bonchev–Trinajstić information content (AvgIpc) is 2.97. The molecule has 21 heavy (non-hydrogen) atoms. The number of hydrogen-bond acceptors (Lipinski definition) is 2. The predicted octanol–water partition coefficient (Wildman–Crippen LogP) is 3.38. The first-order valence-electron chi connectivity index (χ1n) is 6.28. The van der Waals surface area contributed by atoms with E-state index in [0.717, 1.165) is 17.2 Å². The van der Waals surface area contributed by atoms with E-state index >= 15 is 0 Å². The number of hydrogen-bond donors (Lipinski definition) is 1. The van der Waals surface area contributed by atoms with E-state index in [2.05, 4.69) is 5.10 Å². The van der Waals surface area contributed by atoms with Gasteiger partial charge in [-0.05, 0) is 23.8 Å². The molecule has 3 rings (SSSR count). The minimum Gasteiger partial charge on any atom is -0.478 e. The van der Waals surface area contributed by atoms with E-state index < -0.39 is 11.8 Å². The smallest absolute Gasteiger partial charge is 0.335 e. The summed E-state index contributed by atoms with van der Waals surface area (Å²) in [4.78, 5) is 10.8. The number of carboxylic acid groups (broad SMARTS) is 1. The van der Waals surface area contributed by atoms with Gasteiger partial charge in [-0.15, -0.1) is 0 Å². The molecule has 0 aliphatic heterocycles. The highest BCUT2D eigenvalue weighted by Crippen LogP contribution is 2.21. The maximum atomic E-state index is 14.0. The summed E-state index contributed by atoms with van der Waals surface area (Å²) in [5.41, 5.74) is 1.96. The quantitative estimate of drug-likeness (QED) is 0.801.